The number of carbonyl (C=O) groups is 1. The zero-order chi connectivity index (χ0) is 17.8. The summed E-state index contributed by atoms with van der Waals surface area (Å²) in [5, 5.41) is 12.8. The van der Waals surface area contributed by atoms with Gasteiger partial charge in [-0.25, -0.2) is 4.39 Å². The van der Waals surface area contributed by atoms with Crippen molar-refractivity contribution in [1.29, 1.82) is 0 Å². The third-order valence-corrected chi connectivity index (χ3v) is 4.27. The number of alkyl halides is 2. The smallest absolute Gasteiger partial charge is 0.254 e. The van der Waals surface area contributed by atoms with E-state index < -0.39 is 22.6 Å². The molecule has 7 nitrogen and oxygen atoms in total. The third-order valence-electron chi connectivity index (χ3n) is 3.87. The number of morpholine rings is 1. The van der Waals surface area contributed by atoms with Gasteiger partial charge >= 0.3 is 0 Å². The Balaban J connectivity index is 1.88. The molecule has 1 fully saturated rings. The molecule has 1 unspecified atom stereocenters. The van der Waals surface area contributed by atoms with Crippen LogP contribution in [0.25, 0.3) is 0 Å². The topological polar surface area (TPSA) is 83.1 Å². The van der Waals surface area contributed by atoms with Gasteiger partial charge in [0.25, 0.3) is 5.91 Å². The number of halogens is 3. The Morgan fingerprint density at radius 2 is 2.12 bits per heavy atom. The Morgan fingerprint density at radius 3 is 2.72 bits per heavy atom. The number of H-pyrrole nitrogens is 1. The fourth-order valence-electron chi connectivity index (χ4n) is 2.65. The van der Waals surface area contributed by atoms with E-state index in [0.717, 1.165) is 0 Å². The Kier molecular flexibility index (Phi) is 5.72. The van der Waals surface area contributed by atoms with Crippen molar-refractivity contribution in [3.8, 4) is 0 Å². The van der Waals surface area contributed by atoms with Crippen LogP contribution >= 0.6 is 23.2 Å². The lowest BCUT2D eigenvalue weighted by atomic mass is 10.0. The highest BCUT2D eigenvalue weighted by Crippen LogP contribution is 2.27. The van der Waals surface area contributed by atoms with Crippen LogP contribution < -0.4 is 10.2 Å². The van der Waals surface area contributed by atoms with Crippen LogP contribution in [0.5, 0.6) is 0 Å². The number of benzene rings is 1. The predicted octanol–water partition coefficient (Wildman–Crippen LogP) is 1.79. The quantitative estimate of drug-likeness (QED) is 0.764. The average molecular weight is 388 g/mol. The summed E-state index contributed by atoms with van der Waals surface area (Å²) >= 11 is 11.2. The number of aromatic nitrogens is 3. The SMILES string of the molecule is O=C(NC(c1ccc(N2CCOCC2)c(F)c1)c1cn[nH]n1)C(Cl)Cl. The van der Waals surface area contributed by atoms with Gasteiger partial charge in [0, 0.05) is 13.1 Å². The van der Waals surface area contributed by atoms with E-state index in [0.29, 0.717) is 43.2 Å². The minimum Gasteiger partial charge on any atom is -0.378 e. The minimum atomic E-state index is -1.24. The lowest BCUT2D eigenvalue weighted by Crippen LogP contribution is -2.37. The fourth-order valence-corrected chi connectivity index (χ4v) is 2.77. The second kappa shape index (κ2) is 7.99. The number of carbonyl (C=O) groups excluding carboxylic acids is 1. The molecule has 1 aliphatic rings. The second-order valence-electron chi connectivity index (χ2n) is 5.45. The minimum absolute atomic E-state index is 0.393. The van der Waals surface area contributed by atoms with Gasteiger partial charge in [0.2, 0.25) is 0 Å². The van der Waals surface area contributed by atoms with Crippen molar-refractivity contribution < 1.29 is 13.9 Å². The lowest BCUT2D eigenvalue weighted by Gasteiger charge is -2.29. The number of amides is 1. The molecule has 1 aliphatic heterocycles. The number of rotatable bonds is 5. The molecule has 2 N–H and O–H groups in total. The standard InChI is InChI=1S/C15H16Cl2FN5O2/c16-14(17)15(24)20-13(11-8-19-22-21-11)9-1-2-12(10(18)7-9)23-3-5-25-6-4-23/h1-2,7-8,13-14H,3-6H2,(H,20,24)(H,19,21,22). The molecule has 0 bridgehead atoms. The molecular formula is C15H16Cl2FN5O2. The van der Waals surface area contributed by atoms with Crippen LogP contribution in [0, 0.1) is 5.82 Å². The van der Waals surface area contributed by atoms with E-state index in [1.165, 1.54) is 12.3 Å². The Labute approximate surface area is 153 Å². The van der Waals surface area contributed by atoms with E-state index in [2.05, 4.69) is 20.7 Å². The van der Waals surface area contributed by atoms with Crippen LogP contribution in [0.2, 0.25) is 0 Å². The van der Waals surface area contributed by atoms with E-state index in [-0.39, 0.29) is 0 Å². The molecule has 2 aromatic rings. The van der Waals surface area contributed by atoms with Gasteiger partial charge in [-0.1, -0.05) is 29.3 Å². The summed E-state index contributed by atoms with van der Waals surface area (Å²) in [4.78, 5) is 12.5. The molecular weight excluding hydrogens is 372 g/mol. The Morgan fingerprint density at radius 1 is 1.36 bits per heavy atom. The predicted molar refractivity (Wildman–Crippen MR) is 91.3 cm³/mol. The number of ether oxygens (including phenoxy) is 1. The van der Waals surface area contributed by atoms with E-state index >= 15 is 0 Å². The first kappa shape index (κ1) is 17.9. The monoisotopic (exact) mass is 387 g/mol. The average Bonchev–Trinajstić information content (AvgIpc) is 3.14. The zero-order valence-electron chi connectivity index (χ0n) is 13.1. The highest BCUT2D eigenvalue weighted by molar-refractivity contribution is 6.53. The Bertz CT molecular complexity index is 723. The van der Waals surface area contributed by atoms with Crippen LogP contribution in [-0.4, -0.2) is 52.5 Å². The van der Waals surface area contributed by atoms with Crippen molar-refractivity contribution in [2.75, 3.05) is 31.2 Å². The van der Waals surface area contributed by atoms with Crippen LogP contribution in [0.3, 0.4) is 0 Å². The van der Waals surface area contributed by atoms with Gasteiger partial charge in [0.15, 0.2) is 4.84 Å². The molecule has 0 saturated carbocycles. The first-order valence-corrected chi connectivity index (χ1v) is 8.50. The van der Waals surface area contributed by atoms with Gasteiger partial charge in [0.1, 0.15) is 17.6 Å². The largest absolute Gasteiger partial charge is 0.378 e. The van der Waals surface area contributed by atoms with Crippen molar-refractivity contribution in [2.45, 2.75) is 10.9 Å². The molecule has 0 radical (unpaired) electrons. The molecule has 0 aliphatic carbocycles. The van der Waals surface area contributed by atoms with Crippen LogP contribution in [0.4, 0.5) is 10.1 Å². The van der Waals surface area contributed by atoms with Gasteiger partial charge in [0.05, 0.1) is 25.1 Å². The van der Waals surface area contributed by atoms with Crippen molar-refractivity contribution >= 4 is 34.8 Å². The zero-order valence-corrected chi connectivity index (χ0v) is 14.6. The van der Waals surface area contributed by atoms with Gasteiger partial charge < -0.3 is 15.0 Å². The van der Waals surface area contributed by atoms with Crippen molar-refractivity contribution in [3.63, 3.8) is 0 Å². The normalized spacial score (nSPS) is 16.1. The summed E-state index contributed by atoms with van der Waals surface area (Å²) in [5.41, 5.74) is 1.41. The summed E-state index contributed by atoms with van der Waals surface area (Å²) in [6.07, 6.45) is 1.44. The summed E-state index contributed by atoms with van der Waals surface area (Å²) < 4.78 is 19.9. The highest BCUT2D eigenvalue weighted by atomic mass is 35.5. The highest BCUT2D eigenvalue weighted by Gasteiger charge is 2.24. The maximum Gasteiger partial charge on any atom is 0.254 e. The molecule has 10 heteroatoms. The summed E-state index contributed by atoms with van der Waals surface area (Å²) in [7, 11) is 0. The molecule has 1 aromatic carbocycles. The summed E-state index contributed by atoms with van der Waals surface area (Å²) in [5.74, 6) is -0.996. The molecule has 2 heterocycles. The molecule has 0 spiro atoms. The Hall–Kier alpha value is -1.90. The molecule has 1 saturated heterocycles. The summed E-state index contributed by atoms with van der Waals surface area (Å²) in [6.45, 7) is 2.37. The van der Waals surface area contributed by atoms with Gasteiger partial charge in [-0.2, -0.15) is 15.4 Å². The third kappa shape index (κ3) is 4.20. The molecule has 134 valence electrons. The summed E-state index contributed by atoms with van der Waals surface area (Å²) in [6, 6.07) is 4.04. The second-order valence-corrected chi connectivity index (χ2v) is 6.54. The van der Waals surface area contributed by atoms with Crippen LogP contribution in [-0.2, 0) is 9.53 Å². The van der Waals surface area contributed by atoms with Gasteiger partial charge in [-0.05, 0) is 17.7 Å². The van der Waals surface area contributed by atoms with Crippen LogP contribution in [0.1, 0.15) is 17.3 Å². The van der Waals surface area contributed by atoms with E-state index in [4.69, 9.17) is 27.9 Å². The van der Waals surface area contributed by atoms with E-state index in [1.54, 1.807) is 12.1 Å². The van der Waals surface area contributed by atoms with Crippen molar-refractivity contribution in [1.82, 2.24) is 20.7 Å². The number of nitrogens with one attached hydrogen (secondary N) is 2. The van der Waals surface area contributed by atoms with E-state index in [9.17, 15) is 9.18 Å². The van der Waals surface area contributed by atoms with Gasteiger partial charge in [-0.3, -0.25) is 4.79 Å². The molecule has 1 amide bonds. The van der Waals surface area contributed by atoms with Crippen molar-refractivity contribution in [2.24, 2.45) is 0 Å². The van der Waals surface area contributed by atoms with Gasteiger partial charge in [-0.15, -0.1) is 0 Å². The number of anilines is 1. The number of hydrogen-bond donors (Lipinski definition) is 2. The first-order chi connectivity index (χ1) is 12.1. The molecule has 1 aromatic heterocycles. The fraction of sp³-hybridized carbons (Fsp3) is 0.400. The van der Waals surface area contributed by atoms with Crippen molar-refractivity contribution in [3.05, 3.63) is 41.5 Å². The maximum atomic E-state index is 14.6. The lowest BCUT2D eigenvalue weighted by molar-refractivity contribution is -0.119. The first-order valence-electron chi connectivity index (χ1n) is 7.62. The number of aromatic amines is 1. The molecule has 1 atom stereocenters. The molecule has 25 heavy (non-hydrogen) atoms. The van der Waals surface area contributed by atoms with E-state index in [1.807, 2.05) is 4.90 Å². The number of hydrogen-bond acceptors (Lipinski definition) is 5. The maximum absolute atomic E-state index is 14.6. The number of nitrogens with zero attached hydrogens (tertiary/aromatic N) is 3. The molecule has 3 rings (SSSR count). The van der Waals surface area contributed by atoms with Crippen LogP contribution in [0.15, 0.2) is 24.4 Å².